The molecule has 0 aliphatic heterocycles. The van der Waals surface area contributed by atoms with E-state index in [1.54, 1.807) is 24.3 Å². The first-order valence-corrected chi connectivity index (χ1v) is 4.96. The fourth-order valence-corrected chi connectivity index (χ4v) is 1.86. The van der Waals surface area contributed by atoms with Crippen molar-refractivity contribution in [3.05, 3.63) is 29.8 Å². The molecule has 13 heavy (non-hydrogen) atoms. The molecule has 0 aliphatic rings. The van der Waals surface area contributed by atoms with Gasteiger partial charge in [0.2, 0.25) is 5.30 Å². The molecule has 0 bridgehead atoms. The zero-order chi connectivity index (χ0) is 9.84. The maximum atomic E-state index is 11.3. The second-order valence-corrected chi connectivity index (χ2v) is 3.87. The Morgan fingerprint density at radius 2 is 2.00 bits per heavy atom. The van der Waals surface area contributed by atoms with Gasteiger partial charge in [0.15, 0.2) is 5.78 Å². The van der Waals surface area contributed by atoms with E-state index in [4.69, 9.17) is 0 Å². The SMILES string of the molecule is CO[P+](=O)c1ccccc1C(C)=O. The van der Waals surface area contributed by atoms with Gasteiger partial charge in [-0.3, -0.25) is 4.79 Å². The van der Waals surface area contributed by atoms with Crippen LogP contribution in [0.15, 0.2) is 24.3 Å². The van der Waals surface area contributed by atoms with Gasteiger partial charge in [-0.1, -0.05) is 12.1 Å². The average Bonchev–Trinajstić information content (AvgIpc) is 2.16. The van der Waals surface area contributed by atoms with E-state index in [1.807, 2.05) is 0 Å². The van der Waals surface area contributed by atoms with Crippen molar-refractivity contribution < 1.29 is 13.9 Å². The van der Waals surface area contributed by atoms with Crippen LogP contribution in [0.25, 0.3) is 0 Å². The summed E-state index contributed by atoms with van der Waals surface area (Å²) in [6, 6.07) is 6.75. The minimum atomic E-state index is -1.90. The van der Waals surface area contributed by atoms with Gasteiger partial charge in [0.05, 0.1) is 12.7 Å². The van der Waals surface area contributed by atoms with Crippen molar-refractivity contribution in [2.24, 2.45) is 0 Å². The van der Waals surface area contributed by atoms with Crippen molar-refractivity contribution in [1.29, 1.82) is 0 Å². The van der Waals surface area contributed by atoms with Crippen LogP contribution in [0.4, 0.5) is 0 Å². The summed E-state index contributed by atoms with van der Waals surface area (Å²) in [6.45, 7) is 1.44. The number of carbonyl (C=O) groups excluding carboxylic acids is 1. The van der Waals surface area contributed by atoms with E-state index in [2.05, 4.69) is 4.52 Å². The van der Waals surface area contributed by atoms with Gasteiger partial charge >= 0.3 is 8.03 Å². The highest BCUT2D eigenvalue weighted by Gasteiger charge is 2.25. The highest BCUT2D eigenvalue weighted by atomic mass is 31.1. The molecule has 0 spiro atoms. The molecular weight excluding hydrogens is 187 g/mol. The molecule has 4 heteroatoms. The monoisotopic (exact) mass is 197 g/mol. The quantitative estimate of drug-likeness (QED) is 0.549. The van der Waals surface area contributed by atoms with Gasteiger partial charge < -0.3 is 0 Å². The minimum absolute atomic E-state index is 0.101. The lowest BCUT2D eigenvalue weighted by Gasteiger charge is -1.93. The molecule has 1 rings (SSSR count). The van der Waals surface area contributed by atoms with Crippen LogP contribution >= 0.6 is 8.03 Å². The van der Waals surface area contributed by atoms with Crippen LogP contribution in [0.1, 0.15) is 17.3 Å². The first kappa shape index (κ1) is 10.0. The predicted octanol–water partition coefficient (Wildman–Crippen LogP) is 1.90. The molecule has 3 nitrogen and oxygen atoms in total. The number of Topliss-reactive ketones (excluding diaryl/α,β-unsaturated/α-hetero) is 1. The molecule has 0 saturated carbocycles. The van der Waals surface area contributed by atoms with Gasteiger partial charge in [-0.2, -0.15) is 0 Å². The summed E-state index contributed by atoms with van der Waals surface area (Å²) < 4.78 is 16.0. The number of benzene rings is 1. The average molecular weight is 197 g/mol. The molecule has 0 amide bonds. The lowest BCUT2D eigenvalue weighted by atomic mass is 10.1. The summed E-state index contributed by atoms with van der Waals surface area (Å²) in [6.07, 6.45) is 0. The van der Waals surface area contributed by atoms with Crippen molar-refractivity contribution in [2.45, 2.75) is 6.92 Å². The highest BCUT2D eigenvalue weighted by Crippen LogP contribution is 2.21. The third-order valence-corrected chi connectivity index (χ3v) is 2.76. The van der Waals surface area contributed by atoms with E-state index in [0.717, 1.165) is 0 Å². The molecule has 0 aliphatic carbocycles. The van der Waals surface area contributed by atoms with Gasteiger partial charge in [0.1, 0.15) is 0 Å². The van der Waals surface area contributed by atoms with Gasteiger partial charge in [-0.25, -0.2) is 0 Å². The lowest BCUT2D eigenvalue weighted by molar-refractivity contribution is 0.101. The number of rotatable bonds is 3. The third-order valence-electron chi connectivity index (χ3n) is 1.65. The van der Waals surface area contributed by atoms with E-state index < -0.39 is 8.03 Å². The second kappa shape index (κ2) is 4.26. The summed E-state index contributed by atoms with van der Waals surface area (Å²) in [5, 5.41) is 0.465. The topological polar surface area (TPSA) is 43.4 Å². The summed E-state index contributed by atoms with van der Waals surface area (Å²) in [5.74, 6) is -0.101. The van der Waals surface area contributed by atoms with Crippen molar-refractivity contribution in [3.8, 4) is 0 Å². The largest absolute Gasteiger partial charge is 0.549 e. The van der Waals surface area contributed by atoms with E-state index in [1.165, 1.54) is 14.0 Å². The molecule has 0 fully saturated rings. The molecule has 0 aromatic heterocycles. The fraction of sp³-hybridized carbons (Fsp3) is 0.222. The van der Waals surface area contributed by atoms with E-state index >= 15 is 0 Å². The Kier molecular flexibility index (Phi) is 3.29. The van der Waals surface area contributed by atoms with Crippen molar-refractivity contribution >= 4 is 19.1 Å². The van der Waals surface area contributed by atoms with Gasteiger partial charge in [-0.05, 0) is 23.6 Å². The summed E-state index contributed by atoms with van der Waals surface area (Å²) in [7, 11) is -0.541. The number of carbonyl (C=O) groups is 1. The molecular formula is C9H10O3P+. The molecule has 0 N–H and O–H groups in total. The van der Waals surface area contributed by atoms with Crippen LogP contribution in [-0.2, 0) is 9.09 Å². The molecule has 1 atom stereocenters. The maximum absolute atomic E-state index is 11.3. The lowest BCUT2D eigenvalue weighted by Crippen LogP contribution is -2.09. The Balaban J connectivity index is 3.19. The molecule has 1 aromatic carbocycles. The Morgan fingerprint density at radius 1 is 1.38 bits per heavy atom. The molecule has 1 unspecified atom stereocenters. The van der Waals surface area contributed by atoms with Crippen LogP contribution in [-0.4, -0.2) is 12.9 Å². The smallest absolute Gasteiger partial charge is 0.294 e. The summed E-state index contributed by atoms with van der Waals surface area (Å²) in [5.41, 5.74) is 0.463. The fourth-order valence-electron chi connectivity index (χ4n) is 1.03. The number of hydrogen-bond donors (Lipinski definition) is 0. The first-order valence-electron chi connectivity index (χ1n) is 3.78. The number of hydrogen-bond acceptors (Lipinski definition) is 3. The zero-order valence-electron chi connectivity index (χ0n) is 7.48. The normalized spacial score (nSPS) is 11.1. The minimum Gasteiger partial charge on any atom is -0.294 e. The zero-order valence-corrected chi connectivity index (χ0v) is 8.38. The van der Waals surface area contributed by atoms with Crippen molar-refractivity contribution in [2.75, 3.05) is 7.11 Å². The molecule has 0 radical (unpaired) electrons. The van der Waals surface area contributed by atoms with Gasteiger partial charge in [-0.15, -0.1) is 4.52 Å². The van der Waals surface area contributed by atoms with Crippen molar-refractivity contribution in [3.63, 3.8) is 0 Å². The molecule has 68 valence electrons. The number of ketones is 1. The highest BCUT2D eigenvalue weighted by molar-refractivity contribution is 7.48. The molecule has 0 saturated heterocycles. The van der Waals surface area contributed by atoms with Crippen LogP contribution in [0.2, 0.25) is 0 Å². The Bertz CT molecular complexity index is 346. The predicted molar refractivity (Wildman–Crippen MR) is 50.7 cm³/mol. The van der Waals surface area contributed by atoms with Crippen LogP contribution in [0.5, 0.6) is 0 Å². The summed E-state index contributed by atoms with van der Waals surface area (Å²) >= 11 is 0. The summed E-state index contributed by atoms with van der Waals surface area (Å²) in [4.78, 5) is 11.1. The van der Waals surface area contributed by atoms with E-state index in [9.17, 15) is 9.36 Å². The maximum Gasteiger partial charge on any atom is 0.549 e. The molecule has 1 aromatic rings. The Hall–Kier alpha value is -1.05. The second-order valence-electron chi connectivity index (χ2n) is 2.51. The van der Waals surface area contributed by atoms with Gasteiger partial charge in [0.25, 0.3) is 0 Å². The Morgan fingerprint density at radius 3 is 2.54 bits per heavy atom. The van der Waals surface area contributed by atoms with Crippen LogP contribution in [0.3, 0.4) is 0 Å². The van der Waals surface area contributed by atoms with E-state index in [-0.39, 0.29) is 5.78 Å². The first-order chi connectivity index (χ1) is 6.16. The van der Waals surface area contributed by atoms with Crippen molar-refractivity contribution in [1.82, 2.24) is 0 Å². The van der Waals surface area contributed by atoms with E-state index in [0.29, 0.717) is 10.9 Å². The van der Waals surface area contributed by atoms with Crippen LogP contribution in [0, 0.1) is 0 Å². The van der Waals surface area contributed by atoms with Crippen LogP contribution < -0.4 is 5.30 Å². The van der Waals surface area contributed by atoms with Gasteiger partial charge in [0, 0.05) is 0 Å². The third kappa shape index (κ3) is 2.20. The Labute approximate surface area is 77.6 Å². The molecule has 0 heterocycles. The standard InChI is InChI=1S/C9H10O3P/c1-7(10)8-5-3-4-6-9(8)13(11)12-2/h3-6H,1-2H3/q+1.